The highest BCUT2D eigenvalue weighted by molar-refractivity contribution is 8.93. The maximum absolute atomic E-state index is 4.92. The third kappa shape index (κ3) is 2.36. The normalized spacial score (nSPS) is 18.3. The summed E-state index contributed by atoms with van der Waals surface area (Å²) in [5, 5.41) is 5.69. The molecule has 0 saturated heterocycles. The van der Waals surface area contributed by atoms with Gasteiger partial charge in [0.25, 0.3) is 0 Å². The predicted octanol–water partition coefficient (Wildman–Crippen LogP) is 4.11. The number of fused-ring (bicyclic) bond motifs is 2. The summed E-state index contributed by atoms with van der Waals surface area (Å²) >= 11 is 0. The molecule has 1 aromatic heterocycles. The minimum Gasteiger partial charge on any atom is -0.366 e. The maximum Gasteiger partial charge on any atom is 0.182 e. The molecular formula is C18H19BrN4. The van der Waals surface area contributed by atoms with Gasteiger partial charge in [-0.05, 0) is 25.1 Å². The lowest BCUT2D eigenvalue weighted by Crippen LogP contribution is -2.28. The smallest absolute Gasteiger partial charge is 0.182 e. The standard InChI is InChI=1S/C18H18N4.BrH/c1-12-17(13-8-4-6-10-15(13)21(12)2)19-18-14-9-5-7-11-16(14)22(3)20-18;/h4-12H,1-3H3;1H. The molecule has 1 aliphatic rings. The quantitative estimate of drug-likeness (QED) is 0.645. The lowest BCUT2D eigenvalue weighted by atomic mass is 10.1. The molecule has 0 spiro atoms. The zero-order valence-electron chi connectivity index (χ0n) is 13.4. The largest absolute Gasteiger partial charge is 0.366 e. The van der Waals surface area contributed by atoms with E-state index in [0.29, 0.717) is 0 Å². The predicted molar refractivity (Wildman–Crippen MR) is 102 cm³/mol. The molecule has 4 nitrogen and oxygen atoms in total. The molecule has 3 aromatic rings. The third-order valence-electron chi connectivity index (χ3n) is 4.50. The number of aliphatic imine (C=N–C) groups is 1. The monoisotopic (exact) mass is 370 g/mol. The zero-order chi connectivity index (χ0) is 15.3. The van der Waals surface area contributed by atoms with Gasteiger partial charge in [-0.1, -0.05) is 30.3 Å². The van der Waals surface area contributed by atoms with Crippen LogP contribution >= 0.6 is 17.0 Å². The molecule has 2 aromatic carbocycles. The van der Waals surface area contributed by atoms with E-state index in [-0.39, 0.29) is 23.0 Å². The van der Waals surface area contributed by atoms with E-state index in [1.165, 1.54) is 11.3 Å². The maximum atomic E-state index is 4.92. The summed E-state index contributed by atoms with van der Waals surface area (Å²) in [6.07, 6.45) is 0. The van der Waals surface area contributed by atoms with Crippen LogP contribution in [0.2, 0.25) is 0 Å². The van der Waals surface area contributed by atoms with Crippen molar-refractivity contribution in [1.29, 1.82) is 0 Å². The minimum atomic E-state index is 0. The van der Waals surface area contributed by atoms with Crippen LogP contribution in [0.25, 0.3) is 10.9 Å². The highest BCUT2D eigenvalue weighted by Gasteiger charge is 2.29. The van der Waals surface area contributed by atoms with Gasteiger partial charge in [-0.25, -0.2) is 4.99 Å². The van der Waals surface area contributed by atoms with Gasteiger partial charge in [-0.15, -0.1) is 17.0 Å². The van der Waals surface area contributed by atoms with Crippen LogP contribution in [0.15, 0.2) is 53.5 Å². The summed E-state index contributed by atoms with van der Waals surface area (Å²) in [5.41, 5.74) is 4.62. The molecule has 0 amide bonds. The Hall–Kier alpha value is -2.14. The van der Waals surface area contributed by atoms with Gasteiger partial charge in [0.05, 0.1) is 17.3 Å². The number of anilines is 1. The first-order valence-electron chi connectivity index (χ1n) is 7.49. The van der Waals surface area contributed by atoms with Crippen molar-refractivity contribution >= 4 is 45.1 Å². The van der Waals surface area contributed by atoms with E-state index in [1.54, 1.807) is 0 Å². The van der Waals surface area contributed by atoms with Crippen molar-refractivity contribution in [2.75, 3.05) is 11.9 Å². The molecule has 23 heavy (non-hydrogen) atoms. The van der Waals surface area contributed by atoms with E-state index in [2.05, 4.69) is 60.4 Å². The lowest BCUT2D eigenvalue weighted by Gasteiger charge is -2.17. The number of hydrogen-bond acceptors (Lipinski definition) is 3. The fourth-order valence-electron chi connectivity index (χ4n) is 3.16. The molecule has 0 saturated carbocycles. The van der Waals surface area contributed by atoms with Gasteiger partial charge in [-0.2, -0.15) is 5.10 Å². The van der Waals surface area contributed by atoms with Crippen LogP contribution in [-0.2, 0) is 7.05 Å². The number of rotatable bonds is 1. The van der Waals surface area contributed by atoms with Crippen LogP contribution in [0, 0.1) is 0 Å². The van der Waals surface area contributed by atoms with E-state index in [9.17, 15) is 0 Å². The summed E-state index contributed by atoms with van der Waals surface area (Å²) in [6, 6.07) is 16.9. The molecule has 0 radical (unpaired) electrons. The van der Waals surface area contributed by atoms with Gasteiger partial charge in [0.1, 0.15) is 0 Å². The van der Waals surface area contributed by atoms with Crippen molar-refractivity contribution in [2.24, 2.45) is 12.0 Å². The van der Waals surface area contributed by atoms with Crippen molar-refractivity contribution in [3.63, 3.8) is 0 Å². The fourth-order valence-corrected chi connectivity index (χ4v) is 3.16. The molecule has 0 aliphatic carbocycles. The van der Waals surface area contributed by atoms with Crippen molar-refractivity contribution in [1.82, 2.24) is 9.78 Å². The average molecular weight is 371 g/mol. The Morgan fingerprint density at radius 2 is 1.70 bits per heavy atom. The van der Waals surface area contributed by atoms with Gasteiger partial charge in [0.2, 0.25) is 0 Å². The number of aromatic nitrogens is 2. The number of para-hydroxylation sites is 2. The number of aryl methyl sites for hydroxylation is 1. The summed E-state index contributed by atoms with van der Waals surface area (Å²) in [5.74, 6) is 0.796. The Morgan fingerprint density at radius 3 is 2.52 bits per heavy atom. The zero-order valence-corrected chi connectivity index (χ0v) is 15.1. The Morgan fingerprint density at radius 1 is 1.00 bits per heavy atom. The first-order chi connectivity index (χ1) is 10.7. The van der Waals surface area contributed by atoms with Crippen molar-refractivity contribution < 1.29 is 0 Å². The van der Waals surface area contributed by atoms with Gasteiger partial charge in [0, 0.05) is 30.7 Å². The molecule has 118 valence electrons. The number of nitrogens with zero attached hydrogens (tertiary/aromatic N) is 4. The van der Waals surface area contributed by atoms with Crippen LogP contribution in [-0.4, -0.2) is 28.6 Å². The van der Waals surface area contributed by atoms with Crippen molar-refractivity contribution in [3.8, 4) is 0 Å². The molecule has 0 N–H and O–H groups in total. The van der Waals surface area contributed by atoms with Gasteiger partial charge < -0.3 is 4.90 Å². The summed E-state index contributed by atoms with van der Waals surface area (Å²) < 4.78 is 1.89. The summed E-state index contributed by atoms with van der Waals surface area (Å²) in [7, 11) is 4.08. The highest BCUT2D eigenvalue weighted by Crippen LogP contribution is 2.33. The molecule has 1 unspecified atom stereocenters. The second-order valence-electron chi connectivity index (χ2n) is 5.77. The lowest BCUT2D eigenvalue weighted by molar-refractivity contribution is 0.797. The second-order valence-corrected chi connectivity index (χ2v) is 5.77. The topological polar surface area (TPSA) is 33.4 Å². The Balaban J connectivity index is 0.00000156. The Kier molecular flexibility index (Phi) is 3.98. The molecule has 5 heteroatoms. The molecule has 2 heterocycles. The molecule has 1 atom stereocenters. The first-order valence-corrected chi connectivity index (χ1v) is 7.49. The van der Waals surface area contributed by atoms with E-state index in [0.717, 1.165) is 22.4 Å². The molecule has 1 aliphatic heterocycles. The van der Waals surface area contributed by atoms with E-state index in [4.69, 9.17) is 4.99 Å². The number of likely N-dealkylation sites (N-methyl/N-ethyl adjacent to an activating group) is 1. The van der Waals surface area contributed by atoms with E-state index >= 15 is 0 Å². The summed E-state index contributed by atoms with van der Waals surface area (Å²) in [6.45, 7) is 2.18. The SMILES string of the molecule is Br.CC1C(=Nc2nn(C)c3ccccc23)c2ccccc2N1C. The molecule has 0 bridgehead atoms. The molecular weight excluding hydrogens is 352 g/mol. The minimum absolute atomic E-state index is 0. The Bertz CT molecular complexity index is 897. The van der Waals surface area contributed by atoms with Crippen LogP contribution in [0.1, 0.15) is 12.5 Å². The van der Waals surface area contributed by atoms with Gasteiger partial charge in [-0.3, -0.25) is 4.68 Å². The highest BCUT2D eigenvalue weighted by atomic mass is 79.9. The fraction of sp³-hybridized carbons (Fsp3) is 0.222. The van der Waals surface area contributed by atoms with Crippen LogP contribution in [0.3, 0.4) is 0 Å². The van der Waals surface area contributed by atoms with Crippen molar-refractivity contribution in [2.45, 2.75) is 13.0 Å². The molecule has 4 rings (SSSR count). The molecule has 0 fully saturated rings. The number of halogens is 1. The van der Waals surface area contributed by atoms with Crippen LogP contribution < -0.4 is 4.90 Å². The number of hydrogen-bond donors (Lipinski definition) is 0. The Labute approximate surface area is 146 Å². The van der Waals surface area contributed by atoms with E-state index < -0.39 is 0 Å². The second kappa shape index (κ2) is 5.81. The first kappa shape index (κ1) is 15.7. The van der Waals surface area contributed by atoms with Gasteiger partial charge in [0.15, 0.2) is 5.82 Å². The summed E-state index contributed by atoms with van der Waals surface area (Å²) in [4.78, 5) is 7.19. The van der Waals surface area contributed by atoms with Crippen molar-refractivity contribution in [3.05, 3.63) is 54.1 Å². The van der Waals surface area contributed by atoms with Gasteiger partial charge >= 0.3 is 0 Å². The third-order valence-corrected chi connectivity index (χ3v) is 4.50. The van der Waals surface area contributed by atoms with Crippen LogP contribution in [0.5, 0.6) is 0 Å². The van der Waals surface area contributed by atoms with E-state index in [1.807, 2.05) is 23.9 Å². The average Bonchev–Trinajstić information content (AvgIpc) is 2.99. The van der Waals surface area contributed by atoms with Crippen LogP contribution in [0.4, 0.5) is 11.5 Å². The number of benzene rings is 2.